The van der Waals surface area contributed by atoms with Crippen LogP contribution in [0.5, 0.6) is 0 Å². The number of ether oxygens (including phenoxy) is 1. The van der Waals surface area contributed by atoms with Gasteiger partial charge in [-0.2, -0.15) is 0 Å². The number of carbonyl (C=O) groups is 1. The Labute approximate surface area is 105 Å². The van der Waals surface area contributed by atoms with Gasteiger partial charge in [-0.25, -0.2) is 0 Å². The molecule has 4 nitrogen and oxygen atoms in total. The van der Waals surface area contributed by atoms with Crippen LogP contribution in [0.25, 0.3) is 0 Å². The van der Waals surface area contributed by atoms with E-state index in [4.69, 9.17) is 4.74 Å². The summed E-state index contributed by atoms with van der Waals surface area (Å²) in [4.78, 5) is 11.2. The maximum Gasteiger partial charge on any atom is 0.323 e. The first-order valence-electron chi connectivity index (χ1n) is 6.31. The molecule has 2 N–H and O–H groups in total. The highest BCUT2D eigenvalue weighted by molar-refractivity contribution is 5.78. The molecule has 0 aromatic rings. The van der Waals surface area contributed by atoms with E-state index in [-0.39, 0.29) is 12.1 Å². The quantitative estimate of drug-likeness (QED) is 0.689. The van der Waals surface area contributed by atoms with Crippen LogP contribution >= 0.6 is 0 Å². The number of hydrogen-bond acceptors (Lipinski definition) is 3. The lowest BCUT2D eigenvalue weighted by Crippen LogP contribution is -2.53. The zero-order chi connectivity index (χ0) is 13.6. The minimum atomic E-state index is -0.912. The van der Waals surface area contributed by atoms with E-state index in [9.17, 15) is 9.90 Å². The molecule has 0 rings (SSSR count). The Balaban J connectivity index is 4.23. The maximum absolute atomic E-state index is 11.2. The molecule has 4 heteroatoms. The minimum absolute atomic E-state index is 0.138. The summed E-state index contributed by atoms with van der Waals surface area (Å²) in [5, 5.41) is 12.3. The predicted octanol–water partition coefficient (Wildman–Crippen LogP) is 2.28. The van der Waals surface area contributed by atoms with Crippen molar-refractivity contribution in [1.82, 2.24) is 5.32 Å². The van der Waals surface area contributed by atoms with Crippen LogP contribution in [0.15, 0.2) is 0 Å². The first-order valence-corrected chi connectivity index (χ1v) is 6.31. The van der Waals surface area contributed by atoms with Gasteiger partial charge in [0.1, 0.15) is 5.54 Å². The molecule has 17 heavy (non-hydrogen) atoms. The van der Waals surface area contributed by atoms with Crippen LogP contribution in [0.1, 0.15) is 48.0 Å². The molecule has 2 atom stereocenters. The van der Waals surface area contributed by atoms with E-state index in [1.807, 2.05) is 20.8 Å². The van der Waals surface area contributed by atoms with E-state index in [0.717, 1.165) is 0 Å². The van der Waals surface area contributed by atoms with E-state index < -0.39 is 11.5 Å². The van der Waals surface area contributed by atoms with Crippen molar-refractivity contribution in [2.24, 2.45) is 5.92 Å². The van der Waals surface area contributed by atoms with Crippen molar-refractivity contribution in [3.8, 4) is 0 Å². The number of aliphatic carboxylic acids is 1. The summed E-state index contributed by atoms with van der Waals surface area (Å²) in [6, 6.07) is 0.138. The third-order valence-electron chi connectivity index (χ3n) is 3.00. The molecule has 0 bridgehead atoms. The minimum Gasteiger partial charge on any atom is -0.480 e. The van der Waals surface area contributed by atoms with Crippen molar-refractivity contribution in [2.45, 2.75) is 65.6 Å². The fraction of sp³-hybridized carbons (Fsp3) is 0.923. The Hall–Kier alpha value is -0.610. The summed E-state index contributed by atoms with van der Waals surface area (Å²) in [5.41, 5.74) is -0.912. The van der Waals surface area contributed by atoms with Crippen molar-refractivity contribution in [1.29, 1.82) is 0 Å². The highest BCUT2D eigenvalue weighted by atomic mass is 16.5. The van der Waals surface area contributed by atoms with Gasteiger partial charge in [0.2, 0.25) is 0 Å². The molecule has 0 saturated carbocycles. The second-order valence-electron chi connectivity index (χ2n) is 5.51. The van der Waals surface area contributed by atoms with Crippen LogP contribution < -0.4 is 5.32 Å². The third-order valence-corrected chi connectivity index (χ3v) is 3.00. The highest BCUT2D eigenvalue weighted by Gasteiger charge is 2.33. The average Bonchev–Trinajstić information content (AvgIpc) is 2.15. The van der Waals surface area contributed by atoms with Crippen LogP contribution in [-0.2, 0) is 9.53 Å². The zero-order valence-electron chi connectivity index (χ0n) is 11.9. The third kappa shape index (κ3) is 6.03. The number of rotatable bonds is 8. The normalized spacial score (nSPS) is 17.2. The fourth-order valence-electron chi connectivity index (χ4n) is 1.52. The lowest BCUT2D eigenvalue weighted by atomic mass is 9.97. The van der Waals surface area contributed by atoms with E-state index in [0.29, 0.717) is 18.9 Å². The second kappa shape index (κ2) is 6.97. The Morgan fingerprint density at radius 2 is 1.82 bits per heavy atom. The Kier molecular flexibility index (Phi) is 6.72. The molecular formula is C13H27NO3. The van der Waals surface area contributed by atoms with Gasteiger partial charge in [0, 0.05) is 12.6 Å². The highest BCUT2D eigenvalue weighted by Crippen LogP contribution is 2.14. The monoisotopic (exact) mass is 245 g/mol. The van der Waals surface area contributed by atoms with Crippen LogP contribution in [-0.4, -0.2) is 35.4 Å². The molecule has 2 unspecified atom stereocenters. The fourth-order valence-corrected chi connectivity index (χ4v) is 1.52. The topological polar surface area (TPSA) is 58.6 Å². The van der Waals surface area contributed by atoms with Gasteiger partial charge in [0.15, 0.2) is 0 Å². The van der Waals surface area contributed by atoms with Crippen molar-refractivity contribution in [2.75, 3.05) is 6.61 Å². The maximum atomic E-state index is 11.2. The molecule has 0 aromatic heterocycles. The second-order valence-corrected chi connectivity index (χ2v) is 5.51. The average molecular weight is 245 g/mol. The first-order chi connectivity index (χ1) is 7.69. The molecule has 0 aromatic carbocycles. The smallest absolute Gasteiger partial charge is 0.323 e. The van der Waals surface area contributed by atoms with Gasteiger partial charge in [0.05, 0.1) is 6.10 Å². The number of carboxylic acids is 1. The summed E-state index contributed by atoms with van der Waals surface area (Å²) in [6.07, 6.45) is 0.629. The molecule has 0 aliphatic carbocycles. The van der Waals surface area contributed by atoms with E-state index in [1.165, 1.54) is 0 Å². The molecule has 0 radical (unpaired) electrons. The first kappa shape index (κ1) is 16.4. The van der Waals surface area contributed by atoms with E-state index in [1.54, 1.807) is 6.92 Å². The predicted molar refractivity (Wildman–Crippen MR) is 69.2 cm³/mol. The van der Waals surface area contributed by atoms with E-state index >= 15 is 0 Å². The van der Waals surface area contributed by atoms with Crippen molar-refractivity contribution < 1.29 is 14.6 Å². The Morgan fingerprint density at radius 1 is 1.29 bits per heavy atom. The summed E-state index contributed by atoms with van der Waals surface area (Å²) in [5.74, 6) is -0.379. The Bertz CT molecular complexity index is 241. The van der Waals surface area contributed by atoms with Crippen LogP contribution in [0, 0.1) is 5.92 Å². The molecular weight excluding hydrogens is 218 g/mol. The van der Waals surface area contributed by atoms with Crippen LogP contribution in [0.2, 0.25) is 0 Å². The summed E-state index contributed by atoms with van der Waals surface area (Å²) < 4.78 is 5.63. The van der Waals surface area contributed by atoms with Gasteiger partial charge >= 0.3 is 5.97 Å². The van der Waals surface area contributed by atoms with Crippen molar-refractivity contribution in [3.05, 3.63) is 0 Å². The SMILES string of the molecule is CC(C)NC(C)(CCOC(C)C(C)C)C(=O)O. The lowest BCUT2D eigenvalue weighted by Gasteiger charge is -2.29. The molecule has 0 spiro atoms. The Morgan fingerprint density at radius 3 is 2.18 bits per heavy atom. The zero-order valence-corrected chi connectivity index (χ0v) is 11.9. The van der Waals surface area contributed by atoms with Gasteiger partial charge in [-0.3, -0.25) is 10.1 Å². The van der Waals surface area contributed by atoms with Crippen molar-refractivity contribution in [3.63, 3.8) is 0 Å². The van der Waals surface area contributed by atoms with Gasteiger partial charge in [-0.1, -0.05) is 13.8 Å². The summed E-state index contributed by atoms with van der Waals surface area (Å²) >= 11 is 0. The molecule has 0 fully saturated rings. The number of nitrogens with one attached hydrogen (secondary N) is 1. The van der Waals surface area contributed by atoms with Crippen molar-refractivity contribution >= 4 is 5.97 Å². The molecule has 0 amide bonds. The van der Waals surface area contributed by atoms with Gasteiger partial charge in [0.25, 0.3) is 0 Å². The van der Waals surface area contributed by atoms with Gasteiger partial charge < -0.3 is 9.84 Å². The van der Waals surface area contributed by atoms with Crippen LogP contribution in [0.4, 0.5) is 0 Å². The molecule has 0 aliphatic heterocycles. The molecule has 0 heterocycles. The van der Waals surface area contributed by atoms with Gasteiger partial charge in [-0.05, 0) is 40.0 Å². The number of hydrogen-bond donors (Lipinski definition) is 2. The number of carboxylic acid groups (broad SMARTS) is 1. The summed E-state index contributed by atoms with van der Waals surface area (Å²) in [6.45, 7) is 12.2. The molecule has 102 valence electrons. The van der Waals surface area contributed by atoms with E-state index in [2.05, 4.69) is 19.2 Å². The summed E-state index contributed by atoms with van der Waals surface area (Å²) in [7, 11) is 0. The lowest BCUT2D eigenvalue weighted by molar-refractivity contribution is -0.145. The van der Waals surface area contributed by atoms with Gasteiger partial charge in [-0.15, -0.1) is 0 Å². The molecule has 0 aliphatic rings. The van der Waals surface area contributed by atoms with Crippen LogP contribution in [0.3, 0.4) is 0 Å². The standard InChI is InChI=1S/C13H27NO3/c1-9(2)11(5)17-8-7-13(6,12(15)16)14-10(3)4/h9-11,14H,7-8H2,1-6H3,(H,15,16). The molecule has 0 saturated heterocycles. The largest absolute Gasteiger partial charge is 0.480 e.